The third-order valence-corrected chi connectivity index (χ3v) is 3.99. The summed E-state index contributed by atoms with van der Waals surface area (Å²) >= 11 is 0. The SMILES string of the molecule is CCOc1ccc(C(=O)NNC(=O)c2ccccc2OCc2ccncc2)cc1. The Labute approximate surface area is 168 Å². The van der Waals surface area contributed by atoms with Crippen LogP contribution >= 0.6 is 0 Å². The molecule has 2 N–H and O–H groups in total. The van der Waals surface area contributed by atoms with Crippen LogP contribution in [0.1, 0.15) is 33.2 Å². The topological polar surface area (TPSA) is 89.6 Å². The molecule has 0 saturated carbocycles. The van der Waals surface area contributed by atoms with Crippen molar-refractivity contribution < 1.29 is 19.1 Å². The van der Waals surface area contributed by atoms with Crippen LogP contribution in [-0.4, -0.2) is 23.4 Å². The van der Waals surface area contributed by atoms with E-state index in [9.17, 15) is 9.59 Å². The third kappa shape index (κ3) is 5.55. The maximum atomic E-state index is 12.5. The predicted molar refractivity (Wildman–Crippen MR) is 108 cm³/mol. The second-order valence-corrected chi connectivity index (χ2v) is 6.01. The molecule has 0 aliphatic carbocycles. The molecule has 0 bridgehead atoms. The van der Waals surface area contributed by atoms with Gasteiger partial charge in [-0.3, -0.25) is 25.4 Å². The lowest BCUT2D eigenvalue weighted by Crippen LogP contribution is -2.41. The van der Waals surface area contributed by atoms with Gasteiger partial charge in [0, 0.05) is 18.0 Å². The van der Waals surface area contributed by atoms with Crippen LogP contribution in [-0.2, 0) is 6.61 Å². The number of hydrogen-bond donors (Lipinski definition) is 2. The number of carbonyl (C=O) groups is 2. The zero-order valence-electron chi connectivity index (χ0n) is 15.9. The van der Waals surface area contributed by atoms with Gasteiger partial charge in [0.15, 0.2) is 0 Å². The van der Waals surface area contributed by atoms with Gasteiger partial charge in [-0.15, -0.1) is 0 Å². The summed E-state index contributed by atoms with van der Waals surface area (Å²) in [6, 6.07) is 17.1. The Morgan fingerprint density at radius 2 is 1.55 bits per heavy atom. The van der Waals surface area contributed by atoms with Gasteiger partial charge in [0.05, 0.1) is 12.2 Å². The van der Waals surface area contributed by atoms with Crippen LogP contribution in [0.5, 0.6) is 11.5 Å². The summed E-state index contributed by atoms with van der Waals surface area (Å²) in [5, 5.41) is 0. The number of carbonyl (C=O) groups excluding carboxylic acids is 2. The number of hydrogen-bond acceptors (Lipinski definition) is 5. The number of ether oxygens (including phenoxy) is 2. The molecule has 0 aliphatic heterocycles. The highest BCUT2D eigenvalue weighted by Crippen LogP contribution is 2.19. The van der Waals surface area contributed by atoms with E-state index in [0.717, 1.165) is 5.56 Å². The number of pyridine rings is 1. The number of amides is 2. The fourth-order valence-electron chi connectivity index (χ4n) is 2.54. The monoisotopic (exact) mass is 391 g/mol. The number of nitrogens with one attached hydrogen (secondary N) is 2. The van der Waals surface area contributed by atoms with Crippen molar-refractivity contribution in [2.45, 2.75) is 13.5 Å². The van der Waals surface area contributed by atoms with E-state index in [0.29, 0.717) is 35.8 Å². The summed E-state index contributed by atoms with van der Waals surface area (Å²) in [5.41, 5.74) is 6.46. The van der Waals surface area contributed by atoms with Gasteiger partial charge in [-0.05, 0) is 61.0 Å². The van der Waals surface area contributed by atoms with E-state index in [4.69, 9.17) is 9.47 Å². The minimum atomic E-state index is -0.477. The summed E-state index contributed by atoms with van der Waals surface area (Å²) in [6.07, 6.45) is 3.35. The maximum Gasteiger partial charge on any atom is 0.273 e. The first-order valence-electron chi connectivity index (χ1n) is 9.11. The highest BCUT2D eigenvalue weighted by molar-refractivity contribution is 6.00. The second-order valence-electron chi connectivity index (χ2n) is 6.01. The van der Waals surface area contributed by atoms with Crippen molar-refractivity contribution in [1.29, 1.82) is 0 Å². The average Bonchev–Trinajstić information content (AvgIpc) is 2.77. The number of hydrazine groups is 1. The molecule has 1 heterocycles. The van der Waals surface area contributed by atoms with Gasteiger partial charge < -0.3 is 9.47 Å². The first-order chi connectivity index (χ1) is 14.2. The number of benzene rings is 2. The van der Waals surface area contributed by atoms with E-state index in [2.05, 4.69) is 15.8 Å². The Hall–Kier alpha value is -3.87. The van der Waals surface area contributed by atoms with E-state index in [1.54, 1.807) is 60.9 Å². The van der Waals surface area contributed by atoms with Crippen molar-refractivity contribution in [3.05, 3.63) is 89.7 Å². The molecular weight excluding hydrogens is 370 g/mol. The number of aromatic nitrogens is 1. The fraction of sp³-hybridized carbons (Fsp3) is 0.136. The third-order valence-electron chi connectivity index (χ3n) is 3.99. The molecule has 0 saturated heterocycles. The molecular formula is C22H21N3O4. The standard InChI is InChI=1S/C22H21N3O4/c1-2-28-18-9-7-17(8-10-18)21(26)24-25-22(27)19-5-3-4-6-20(19)29-15-16-11-13-23-14-12-16/h3-14H,2,15H2,1H3,(H,24,26)(H,25,27). The van der Waals surface area contributed by atoms with Gasteiger partial charge in [0.2, 0.25) is 0 Å². The van der Waals surface area contributed by atoms with E-state index in [-0.39, 0.29) is 0 Å². The van der Waals surface area contributed by atoms with Crippen LogP contribution < -0.4 is 20.3 Å². The van der Waals surface area contributed by atoms with Crippen molar-refractivity contribution in [3.8, 4) is 11.5 Å². The van der Waals surface area contributed by atoms with Crippen LogP contribution in [0.4, 0.5) is 0 Å². The minimum absolute atomic E-state index is 0.297. The Kier molecular flexibility index (Phi) is 6.78. The molecule has 1 aromatic heterocycles. The van der Waals surface area contributed by atoms with Gasteiger partial charge in [-0.1, -0.05) is 12.1 Å². The quantitative estimate of drug-likeness (QED) is 0.604. The summed E-state index contributed by atoms with van der Waals surface area (Å²) in [4.78, 5) is 28.7. The van der Waals surface area contributed by atoms with Crippen LogP contribution in [0, 0.1) is 0 Å². The second kappa shape index (κ2) is 9.89. The summed E-state index contributed by atoms with van der Waals surface area (Å²) in [7, 11) is 0. The first kappa shape index (κ1) is 19.9. The fourth-order valence-corrected chi connectivity index (χ4v) is 2.54. The molecule has 3 aromatic rings. The molecule has 2 aromatic carbocycles. The molecule has 0 radical (unpaired) electrons. The normalized spacial score (nSPS) is 10.1. The van der Waals surface area contributed by atoms with E-state index < -0.39 is 11.8 Å². The lowest BCUT2D eigenvalue weighted by atomic mass is 10.2. The van der Waals surface area contributed by atoms with Gasteiger partial charge >= 0.3 is 0 Å². The Morgan fingerprint density at radius 3 is 2.28 bits per heavy atom. The molecule has 3 rings (SSSR count). The number of rotatable bonds is 7. The van der Waals surface area contributed by atoms with Crippen LogP contribution in [0.15, 0.2) is 73.1 Å². The smallest absolute Gasteiger partial charge is 0.273 e. The number of para-hydroxylation sites is 1. The molecule has 7 nitrogen and oxygen atoms in total. The molecule has 0 unspecified atom stereocenters. The van der Waals surface area contributed by atoms with Crippen LogP contribution in [0.3, 0.4) is 0 Å². The summed E-state index contributed by atoms with van der Waals surface area (Å²) in [6.45, 7) is 2.73. The van der Waals surface area contributed by atoms with Gasteiger partial charge in [0.1, 0.15) is 18.1 Å². The lowest BCUT2D eigenvalue weighted by Gasteiger charge is -2.12. The zero-order valence-corrected chi connectivity index (χ0v) is 15.9. The first-order valence-corrected chi connectivity index (χ1v) is 9.11. The van der Waals surface area contributed by atoms with Crippen molar-refractivity contribution in [1.82, 2.24) is 15.8 Å². The Morgan fingerprint density at radius 1 is 0.862 bits per heavy atom. The molecule has 0 atom stereocenters. The van der Waals surface area contributed by atoms with Crippen LogP contribution in [0.25, 0.3) is 0 Å². The largest absolute Gasteiger partial charge is 0.494 e. The van der Waals surface area contributed by atoms with Gasteiger partial charge in [-0.2, -0.15) is 0 Å². The van der Waals surface area contributed by atoms with Crippen molar-refractivity contribution in [3.63, 3.8) is 0 Å². The zero-order chi connectivity index (χ0) is 20.5. The molecule has 0 spiro atoms. The molecule has 0 aliphatic rings. The maximum absolute atomic E-state index is 12.5. The lowest BCUT2D eigenvalue weighted by molar-refractivity contribution is 0.0844. The van der Waals surface area contributed by atoms with E-state index in [1.165, 1.54) is 0 Å². The molecule has 29 heavy (non-hydrogen) atoms. The van der Waals surface area contributed by atoms with Crippen LogP contribution in [0.2, 0.25) is 0 Å². The average molecular weight is 391 g/mol. The molecule has 7 heteroatoms. The van der Waals surface area contributed by atoms with E-state index >= 15 is 0 Å². The van der Waals surface area contributed by atoms with E-state index in [1.807, 2.05) is 19.1 Å². The Bertz CT molecular complexity index is 959. The molecule has 2 amide bonds. The predicted octanol–water partition coefficient (Wildman–Crippen LogP) is 3.13. The van der Waals surface area contributed by atoms with Gasteiger partial charge in [-0.25, -0.2) is 0 Å². The molecule has 148 valence electrons. The number of nitrogens with zero attached hydrogens (tertiary/aromatic N) is 1. The highest BCUT2D eigenvalue weighted by Gasteiger charge is 2.14. The summed E-state index contributed by atoms with van der Waals surface area (Å²) < 4.78 is 11.1. The van der Waals surface area contributed by atoms with Crippen molar-refractivity contribution in [2.24, 2.45) is 0 Å². The van der Waals surface area contributed by atoms with Crippen molar-refractivity contribution >= 4 is 11.8 Å². The molecule has 0 fully saturated rings. The highest BCUT2D eigenvalue weighted by atomic mass is 16.5. The van der Waals surface area contributed by atoms with Crippen molar-refractivity contribution in [2.75, 3.05) is 6.61 Å². The summed E-state index contributed by atoms with van der Waals surface area (Å²) in [5.74, 6) is 0.177. The Balaban J connectivity index is 1.59. The van der Waals surface area contributed by atoms with Gasteiger partial charge in [0.25, 0.3) is 11.8 Å². The minimum Gasteiger partial charge on any atom is -0.494 e.